The van der Waals surface area contributed by atoms with Gasteiger partial charge in [-0.05, 0) is 31.5 Å². The monoisotopic (exact) mass is 293 g/mol. The van der Waals surface area contributed by atoms with Gasteiger partial charge in [0.2, 0.25) is 0 Å². The molecule has 1 aliphatic rings. The highest BCUT2D eigenvalue weighted by molar-refractivity contribution is 5.85. The minimum absolute atomic E-state index is 0. The molecule has 20 heavy (non-hydrogen) atoms. The molecule has 1 aromatic carbocycles. The fourth-order valence-electron chi connectivity index (χ4n) is 2.63. The molecule has 0 spiro atoms. The lowest BCUT2D eigenvalue weighted by molar-refractivity contribution is 0.247. The van der Waals surface area contributed by atoms with Crippen LogP contribution in [0.1, 0.15) is 18.5 Å². The third-order valence-corrected chi connectivity index (χ3v) is 3.66. The van der Waals surface area contributed by atoms with Gasteiger partial charge in [0, 0.05) is 19.1 Å². The Bertz CT molecular complexity index is 527. The number of likely N-dealkylation sites (tertiary alicyclic amines) is 1. The van der Waals surface area contributed by atoms with Crippen LogP contribution < -0.4 is 5.73 Å². The second-order valence-corrected chi connectivity index (χ2v) is 4.96. The van der Waals surface area contributed by atoms with Crippen LogP contribution >= 0.6 is 12.4 Å². The summed E-state index contributed by atoms with van der Waals surface area (Å²) < 4.78 is 0. The van der Waals surface area contributed by atoms with Gasteiger partial charge < -0.3 is 5.73 Å². The summed E-state index contributed by atoms with van der Waals surface area (Å²) in [6, 6.07) is 10.5. The third-order valence-electron chi connectivity index (χ3n) is 3.66. The zero-order valence-electron chi connectivity index (χ0n) is 11.4. The molecule has 2 N–H and O–H groups in total. The van der Waals surface area contributed by atoms with Gasteiger partial charge in [-0.2, -0.15) is 15.0 Å². The number of nitrogens with zero attached hydrogens (tertiary/aromatic N) is 4. The summed E-state index contributed by atoms with van der Waals surface area (Å²) in [5.41, 5.74) is 7.79. The minimum Gasteiger partial charge on any atom is -0.329 e. The first-order valence-corrected chi connectivity index (χ1v) is 6.77. The van der Waals surface area contributed by atoms with Crippen LogP contribution in [0.2, 0.25) is 0 Å². The van der Waals surface area contributed by atoms with Crippen molar-refractivity contribution in [3.8, 4) is 5.69 Å². The Balaban J connectivity index is 0.00000147. The Kier molecular flexibility index (Phi) is 5.11. The molecule has 6 heteroatoms. The minimum atomic E-state index is 0. The maximum atomic E-state index is 5.79. The van der Waals surface area contributed by atoms with E-state index >= 15 is 0 Å². The maximum absolute atomic E-state index is 5.79. The highest BCUT2D eigenvalue weighted by Gasteiger charge is 2.23. The molecule has 1 aliphatic heterocycles. The highest BCUT2D eigenvalue weighted by Crippen LogP contribution is 2.18. The molecule has 2 aromatic rings. The second-order valence-electron chi connectivity index (χ2n) is 4.96. The molecule has 1 atom stereocenters. The van der Waals surface area contributed by atoms with E-state index in [0.29, 0.717) is 6.04 Å². The molecule has 0 saturated carbocycles. The Morgan fingerprint density at radius 2 is 2.05 bits per heavy atom. The highest BCUT2D eigenvalue weighted by atomic mass is 35.5. The quantitative estimate of drug-likeness (QED) is 0.930. The predicted octanol–water partition coefficient (Wildman–Crippen LogP) is 1.61. The van der Waals surface area contributed by atoms with Crippen molar-refractivity contribution in [2.24, 2.45) is 5.73 Å². The molecule has 2 heterocycles. The lowest BCUT2D eigenvalue weighted by Crippen LogP contribution is -2.34. The van der Waals surface area contributed by atoms with Gasteiger partial charge in [-0.25, -0.2) is 0 Å². The Morgan fingerprint density at radius 3 is 2.80 bits per heavy atom. The van der Waals surface area contributed by atoms with Gasteiger partial charge >= 0.3 is 0 Å². The van der Waals surface area contributed by atoms with Gasteiger partial charge in [0.1, 0.15) is 0 Å². The molecule has 1 saturated heterocycles. The molecule has 1 aromatic heterocycles. The van der Waals surface area contributed by atoms with Crippen LogP contribution in [-0.2, 0) is 6.54 Å². The Labute approximate surface area is 125 Å². The van der Waals surface area contributed by atoms with E-state index in [0.717, 1.165) is 31.0 Å². The average Bonchev–Trinajstić information content (AvgIpc) is 3.09. The first-order chi connectivity index (χ1) is 9.36. The number of hydrogen-bond donors (Lipinski definition) is 1. The molecular weight excluding hydrogens is 274 g/mol. The first kappa shape index (κ1) is 15.0. The standard InChI is InChI=1S/C14H19N5.ClH/c15-9-14-7-4-8-18(14)11-12-10-16-19(17-12)13-5-2-1-3-6-13;/h1-3,5-6,10,14H,4,7-9,11,15H2;1H. The van der Waals surface area contributed by atoms with E-state index in [2.05, 4.69) is 15.1 Å². The number of halogens is 1. The summed E-state index contributed by atoms with van der Waals surface area (Å²) in [5.74, 6) is 0. The Hall–Kier alpha value is -1.43. The van der Waals surface area contributed by atoms with Gasteiger partial charge in [-0.1, -0.05) is 18.2 Å². The summed E-state index contributed by atoms with van der Waals surface area (Å²) >= 11 is 0. The van der Waals surface area contributed by atoms with Crippen molar-refractivity contribution in [2.75, 3.05) is 13.1 Å². The number of hydrogen-bond acceptors (Lipinski definition) is 4. The van der Waals surface area contributed by atoms with Crippen LogP contribution in [0, 0.1) is 0 Å². The van der Waals surface area contributed by atoms with Crippen LogP contribution in [0.25, 0.3) is 5.69 Å². The zero-order chi connectivity index (χ0) is 13.1. The van der Waals surface area contributed by atoms with E-state index in [4.69, 9.17) is 5.73 Å². The van der Waals surface area contributed by atoms with Crippen molar-refractivity contribution in [3.05, 3.63) is 42.2 Å². The predicted molar refractivity (Wildman–Crippen MR) is 81.1 cm³/mol. The number of benzene rings is 1. The maximum Gasteiger partial charge on any atom is 0.0971 e. The van der Waals surface area contributed by atoms with E-state index in [9.17, 15) is 0 Å². The van der Waals surface area contributed by atoms with Crippen molar-refractivity contribution >= 4 is 12.4 Å². The molecule has 1 unspecified atom stereocenters. The van der Waals surface area contributed by atoms with Crippen LogP contribution in [0.5, 0.6) is 0 Å². The van der Waals surface area contributed by atoms with E-state index in [-0.39, 0.29) is 12.4 Å². The van der Waals surface area contributed by atoms with Gasteiger partial charge in [0.15, 0.2) is 0 Å². The lowest BCUT2D eigenvalue weighted by atomic mass is 10.2. The molecule has 108 valence electrons. The number of para-hydroxylation sites is 1. The molecular formula is C14H20ClN5. The van der Waals surface area contributed by atoms with Crippen molar-refractivity contribution in [3.63, 3.8) is 0 Å². The van der Waals surface area contributed by atoms with Crippen molar-refractivity contribution < 1.29 is 0 Å². The van der Waals surface area contributed by atoms with Crippen LogP contribution in [0.3, 0.4) is 0 Å². The summed E-state index contributed by atoms with van der Waals surface area (Å²) in [4.78, 5) is 4.09. The molecule has 0 bridgehead atoms. The fourth-order valence-corrected chi connectivity index (χ4v) is 2.63. The van der Waals surface area contributed by atoms with Crippen molar-refractivity contribution in [1.82, 2.24) is 19.9 Å². The SMILES string of the molecule is Cl.NCC1CCCN1Cc1cnn(-c2ccccc2)n1. The third kappa shape index (κ3) is 3.17. The summed E-state index contributed by atoms with van der Waals surface area (Å²) in [5, 5.41) is 8.86. The number of aromatic nitrogens is 3. The van der Waals surface area contributed by atoms with Crippen LogP contribution in [0.4, 0.5) is 0 Å². The van der Waals surface area contributed by atoms with Gasteiger partial charge in [-0.3, -0.25) is 4.90 Å². The molecule has 0 amide bonds. The van der Waals surface area contributed by atoms with Crippen LogP contribution in [0.15, 0.2) is 36.5 Å². The largest absolute Gasteiger partial charge is 0.329 e. The molecule has 5 nitrogen and oxygen atoms in total. The molecule has 0 radical (unpaired) electrons. The second kappa shape index (κ2) is 6.83. The number of nitrogens with two attached hydrogens (primary N) is 1. The van der Waals surface area contributed by atoms with Gasteiger partial charge in [-0.15, -0.1) is 12.4 Å². The fraction of sp³-hybridized carbons (Fsp3) is 0.429. The topological polar surface area (TPSA) is 60.0 Å². The van der Waals surface area contributed by atoms with E-state index in [1.807, 2.05) is 36.5 Å². The van der Waals surface area contributed by atoms with E-state index < -0.39 is 0 Å². The zero-order valence-corrected chi connectivity index (χ0v) is 12.2. The van der Waals surface area contributed by atoms with E-state index in [1.165, 1.54) is 12.8 Å². The number of rotatable bonds is 4. The normalized spacial score (nSPS) is 18.9. The van der Waals surface area contributed by atoms with E-state index in [1.54, 1.807) is 4.80 Å². The summed E-state index contributed by atoms with van der Waals surface area (Å²) in [6.07, 6.45) is 4.27. The molecule has 3 rings (SSSR count). The van der Waals surface area contributed by atoms with Crippen LogP contribution in [-0.4, -0.2) is 39.0 Å². The Morgan fingerprint density at radius 1 is 1.25 bits per heavy atom. The summed E-state index contributed by atoms with van der Waals surface area (Å²) in [6.45, 7) is 2.68. The lowest BCUT2D eigenvalue weighted by Gasteiger charge is -2.21. The van der Waals surface area contributed by atoms with Gasteiger partial charge in [0.25, 0.3) is 0 Å². The molecule has 0 aliphatic carbocycles. The first-order valence-electron chi connectivity index (χ1n) is 6.77. The average molecular weight is 294 g/mol. The van der Waals surface area contributed by atoms with Crippen molar-refractivity contribution in [2.45, 2.75) is 25.4 Å². The van der Waals surface area contributed by atoms with Gasteiger partial charge in [0.05, 0.1) is 17.6 Å². The molecule has 1 fully saturated rings. The summed E-state index contributed by atoms with van der Waals surface area (Å²) in [7, 11) is 0. The van der Waals surface area contributed by atoms with Crippen molar-refractivity contribution in [1.29, 1.82) is 0 Å². The smallest absolute Gasteiger partial charge is 0.0971 e.